The van der Waals surface area contributed by atoms with Crippen molar-refractivity contribution in [3.63, 3.8) is 0 Å². The van der Waals surface area contributed by atoms with E-state index in [1.165, 1.54) is 23.6 Å². The summed E-state index contributed by atoms with van der Waals surface area (Å²) >= 11 is 14.0. The zero-order chi connectivity index (χ0) is 28.0. The van der Waals surface area contributed by atoms with Crippen molar-refractivity contribution >= 4 is 55.6 Å². The first-order valence-corrected chi connectivity index (χ1v) is 14.1. The molecule has 202 valence electrons. The van der Waals surface area contributed by atoms with Crippen molar-refractivity contribution in [2.75, 3.05) is 0 Å². The molecule has 4 rings (SSSR count). The minimum absolute atomic E-state index is 0.220. The number of nitrogens with one attached hydrogen (secondary N) is 1. The number of benzene rings is 1. The predicted octanol–water partition coefficient (Wildman–Crippen LogP) is 7.58. The van der Waals surface area contributed by atoms with E-state index >= 15 is 0 Å². The molecule has 0 fully saturated rings. The van der Waals surface area contributed by atoms with Gasteiger partial charge in [-0.25, -0.2) is 13.9 Å². The summed E-state index contributed by atoms with van der Waals surface area (Å²) in [6, 6.07) is 12.1. The number of thiophene rings is 1. The van der Waals surface area contributed by atoms with Gasteiger partial charge >= 0.3 is 6.18 Å². The van der Waals surface area contributed by atoms with Gasteiger partial charge in [0.1, 0.15) is 5.15 Å². The second-order valence-corrected chi connectivity index (χ2v) is 13.7. The lowest BCUT2D eigenvalue weighted by molar-refractivity contribution is -0.258. The van der Waals surface area contributed by atoms with Crippen LogP contribution in [0.15, 0.2) is 54.7 Å². The monoisotopic (exact) mass is 601 g/mol. The van der Waals surface area contributed by atoms with Crippen LogP contribution in [0.2, 0.25) is 10.2 Å². The Morgan fingerprint density at radius 3 is 2.42 bits per heavy atom. The van der Waals surface area contributed by atoms with E-state index in [-0.39, 0.29) is 16.4 Å². The first-order chi connectivity index (χ1) is 17.6. The van der Waals surface area contributed by atoms with E-state index in [1.54, 1.807) is 24.3 Å². The van der Waals surface area contributed by atoms with E-state index < -0.39 is 33.6 Å². The van der Waals surface area contributed by atoms with Crippen molar-refractivity contribution in [3.05, 3.63) is 81.0 Å². The molecule has 0 spiro atoms. The molecule has 3 heterocycles. The van der Waals surface area contributed by atoms with Gasteiger partial charge in [-0.2, -0.15) is 13.2 Å². The molecule has 0 radical (unpaired) electrons. The van der Waals surface area contributed by atoms with Gasteiger partial charge in [0.15, 0.2) is 5.60 Å². The number of alkyl halides is 3. The predicted molar refractivity (Wildman–Crippen MR) is 148 cm³/mol. The fraction of sp³-hybridized carbons (Fsp3) is 0.308. The number of halogens is 5. The summed E-state index contributed by atoms with van der Waals surface area (Å²) in [6.45, 7) is 6.20. The molecule has 2 N–H and O–H groups in total. The van der Waals surface area contributed by atoms with Gasteiger partial charge in [-0.05, 0) is 69.0 Å². The van der Waals surface area contributed by atoms with Crippen LogP contribution in [0.3, 0.4) is 0 Å². The summed E-state index contributed by atoms with van der Waals surface area (Å²) in [4.78, 5) is 9.40. The third-order valence-corrected chi connectivity index (χ3v) is 9.23. The molecule has 0 unspecified atom stereocenters. The molecular formula is C26H24Cl2F3N3O2S2. The second kappa shape index (κ2) is 10.5. The van der Waals surface area contributed by atoms with Crippen LogP contribution in [0.5, 0.6) is 0 Å². The summed E-state index contributed by atoms with van der Waals surface area (Å²) in [6.07, 6.45) is -3.62. The number of nitrogens with zero attached hydrogens (tertiary/aromatic N) is 2. The number of aliphatic hydroxyl groups is 1. The van der Waals surface area contributed by atoms with Crippen molar-refractivity contribution in [2.24, 2.45) is 0 Å². The van der Waals surface area contributed by atoms with E-state index in [0.717, 1.165) is 21.0 Å². The van der Waals surface area contributed by atoms with Crippen molar-refractivity contribution in [1.29, 1.82) is 0 Å². The largest absolute Gasteiger partial charge is 0.421 e. The molecule has 5 nitrogen and oxygen atoms in total. The van der Waals surface area contributed by atoms with Crippen LogP contribution >= 0.6 is 34.5 Å². The van der Waals surface area contributed by atoms with E-state index in [0.29, 0.717) is 23.2 Å². The van der Waals surface area contributed by atoms with Crippen molar-refractivity contribution < 1.29 is 22.5 Å². The molecule has 1 aromatic carbocycles. The van der Waals surface area contributed by atoms with E-state index in [2.05, 4.69) is 14.7 Å². The average molecular weight is 603 g/mol. The zero-order valence-electron chi connectivity index (χ0n) is 20.7. The Hall–Kier alpha value is -2.08. The maximum absolute atomic E-state index is 13.5. The molecular weight excluding hydrogens is 578 g/mol. The van der Waals surface area contributed by atoms with Crippen LogP contribution in [-0.2, 0) is 16.6 Å². The Bertz CT molecular complexity index is 1520. The Morgan fingerprint density at radius 2 is 1.76 bits per heavy atom. The molecule has 3 atom stereocenters. The fourth-order valence-corrected chi connectivity index (χ4v) is 6.13. The number of pyridine rings is 2. The second-order valence-electron chi connectivity index (χ2n) is 9.81. The molecule has 4 aromatic rings. The molecule has 38 heavy (non-hydrogen) atoms. The third kappa shape index (κ3) is 5.76. The molecule has 12 heteroatoms. The van der Waals surface area contributed by atoms with Crippen molar-refractivity contribution in [3.8, 4) is 11.3 Å². The van der Waals surface area contributed by atoms with Crippen LogP contribution in [0.4, 0.5) is 13.2 Å². The first-order valence-electron chi connectivity index (χ1n) is 11.4. The molecule has 0 bridgehead atoms. The van der Waals surface area contributed by atoms with Crippen molar-refractivity contribution in [2.45, 2.75) is 50.3 Å². The molecule has 3 aromatic heterocycles. The summed E-state index contributed by atoms with van der Waals surface area (Å²) in [5.41, 5.74) is -2.11. The normalized spacial score (nSPS) is 15.8. The fourth-order valence-electron chi connectivity index (χ4n) is 3.64. The Labute approximate surface area is 234 Å². The van der Waals surface area contributed by atoms with E-state index in [4.69, 9.17) is 23.2 Å². The highest BCUT2D eigenvalue weighted by Crippen LogP contribution is 2.42. The van der Waals surface area contributed by atoms with Gasteiger partial charge < -0.3 is 5.11 Å². The first kappa shape index (κ1) is 28.9. The lowest BCUT2D eigenvalue weighted by atomic mass is 9.94. The minimum atomic E-state index is -4.86. The van der Waals surface area contributed by atoms with Gasteiger partial charge in [0.05, 0.1) is 38.2 Å². The van der Waals surface area contributed by atoms with Crippen LogP contribution in [-0.4, -0.2) is 30.2 Å². The quantitative estimate of drug-likeness (QED) is 0.223. The number of aromatic nitrogens is 2. The molecule has 0 aliphatic heterocycles. The highest BCUT2D eigenvalue weighted by atomic mass is 35.5. The number of hydrogen-bond acceptors (Lipinski definition) is 5. The minimum Gasteiger partial charge on any atom is -0.376 e. The summed E-state index contributed by atoms with van der Waals surface area (Å²) in [7, 11) is -1.50. The van der Waals surface area contributed by atoms with E-state index in [9.17, 15) is 22.5 Å². The highest BCUT2D eigenvalue weighted by Gasteiger charge is 2.51. The van der Waals surface area contributed by atoms with Crippen LogP contribution in [0.25, 0.3) is 21.3 Å². The Kier molecular flexibility index (Phi) is 7.97. The summed E-state index contributed by atoms with van der Waals surface area (Å²) in [5.74, 6) is 0. The molecule has 0 saturated carbocycles. The SMILES string of the molecule is CC(C)(C)[S@](=O)N[C@@H](c1cc2cccc(-c3cc([C@](C)(O)C(F)(F)F)ccn3)c2s1)c1nc(Cl)ccc1Cl. The smallest absolute Gasteiger partial charge is 0.376 e. The van der Waals surface area contributed by atoms with Gasteiger partial charge in [0, 0.05) is 21.3 Å². The van der Waals surface area contributed by atoms with Gasteiger partial charge in [-0.1, -0.05) is 41.4 Å². The van der Waals surface area contributed by atoms with Gasteiger partial charge in [0.25, 0.3) is 0 Å². The van der Waals surface area contributed by atoms with Gasteiger partial charge in [-0.3, -0.25) is 4.98 Å². The third-order valence-electron chi connectivity index (χ3n) is 5.89. The summed E-state index contributed by atoms with van der Waals surface area (Å²) in [5, 5.41) is 11.5. The lowest BCUT2D eigenvalue weighted by Gasteiger charge is -2.26. The maximum Gasteiger partial charge on any atom is 0.421 e. The average Bonchev–Trinajstić information content (AvgIpc) is 3.27. The molecule has 0 amide bonds. The van der Waals surface area contributed by atoms with Gasteiger partial charge in [0.2, 0.25) is 0 Å². The lowest BCUT2D eigenvalue weighted by Crippen LogP contribution is -2.39. The topological polar surface area (TPSA) is 75.1 Å². The summed E-state index contributed by atoms with van der Waals surface area (Å²) < 4.78 is 56.8. The standard InChI is InChI=1S/C26H24Cl2F3N3O2S2/c1-24(2,3)38(36)34-22(21-17(27)8-9-20(28)33-21)19-12-14-6-5-7-16(23(14)37-19)18-13-15(10-11-32-18)25(4,35)26(29,30)31/h5-13,22,34-35H,1-4H3/t22-,25-,38-/m0/s1. The molecule has 0 aliphatic carbocycles. The number of hydrogen-bond donors (Lipinski definition) is 2. The van der Waals surface area contributed by atoms with Crippen LogP contribution in [0.1, 0.15) is 49.9 Å². The van der Waals surface area contributed by atoms with Crippen molar-refractivity contribution in [1.82, 2.24) is 14.7 Å². The van der Waals surface area contributed by atoms with Gasteiger partial charge in [-0.15, -0.1) is 11.3 Å². The number of fused-ring (bicyclic) bond motifs is 1. The Balaban J connectivity index is 1.86. The maximum atomic E-state index is 13.5. The van der Waals surface area contributed by atoms with Crippen LogP contribution < -0.4 is 4.72 Å². The van der Waals surface area contributed by atoms with Crippen LogP contribution in [0, 0.1) is 0 Å². The highest BCUT2D eigenvalue weighted by molar-refractivity contribution is 7.84. The molecule has 0 saturated heterocycles. The zero-order valence-corrected chi connectivity index (χ0v) is 23.9. The van der Waals surface area contributed by atoms with E-state index in [1.807, 2.05) is 32.9 Å². The number of rotatable bonds is 6. The Morgan fingerprint density at radius 1 is 1.05 bits per heavy atom. The molecule has 0 aliphatic rings.